The van der Waals surface area contributed by atoms with Crippen LogP contribution < -0.4 is 10.6 Å². The van der Waals surface area contributed by atoms with Gasteiger partial charge in [0.2, 0.25) is 11.8 Å². The van der Waals surface area contributed by atoms with Gasteiger partial charge in [-0.2, -0.15) is 0 Å². The predicted molar refractivity (Wildman–Crippen MR) is 102 cm³/mol. The number of benzene rings is 2. The van der Waals surface area contributed by atoms with E-state index in [0.717, 1.165) is 22.5 Å². The van der Waals surface area contributed by atoms with Crippen molar-refractivity contribution < 1.29 is 9.59 Å². The van der Waals surface area contributed by atoms with E-state index in [1.165, 1.54) is 11.8 Å². The highest BCUT2D eigenvalue weighted by atomic mass is 32.2. The van der Waals surface area contributed by atoms with Crippen molar-refractivity contribution >= 4 is 35.0 Å². The number of amides is 2. The maximum atomic E-state index is 12.2. The maximum absolute atomic E-state index is 12.2. The van der Waals surface area contributed by atoms with E-state index in [1.54, 1.807) is 6.92 Å². The van der Waals surface area contributed by atoms with Gasteiger partial charge < -0.3 is 10.6 Å². The third kappa shape index (κ3) is 5.74. The fourth-order valence-electron chi connectivity index (χ4n) is 2.08. The number of rotatable bonds is 6. The van der Waals surface area contributed by atoms with Crippen LogP contribution >= 0.6 is 11.8 Å². The molecule has 0 saturated heterocycles. The summed E-state index contributed by atoms with van der Waals surface area (Å²) in [5.74, 6) is 0.0174. The first kappa shape index (κ1) is 18.1. The van der Waals surface area contributed by atoms with Crippen LogP contribution in [0.5, 0.6) is 0 Å². The molecule has 0 unspecified atom stereocenters. The minimum atomic E-state index is -0.311. The molecular weight excluding hydrogens is 320 g/mol. The number of anilines is 2. The van der Waals surface area contributed by atoms with Crippen LogP contribution in [0.1, 0.15) is 18.1 Å². The van der Waals surface area contributed by atoms with E-state index in [9.17, 15) is 9.59 Å². The summed E-state index contributed by atoms with van der Waals surface area (Å²) in [5.41, 5.74) is 3.77. The Morgan fingerprint density at radius 3 is 2.33 bits per heavy atom. The van der Waals surface area contributed by atoms with Crippen LogP contribution in [0.3, 0.4) is 0 Å². The summed E-state index contributed by atoms with van der Waals surface area (Å²) in [5, 5.41) is 5.39. The Balaban J connectivity index is 1.79. The number of carbonyl (C=O) groups is 2. The molecule has 2 rings (SSSR count). The second-order valence-electron chi connectivity index (χ2n) is 5.73. The lowest BCUT2D eigenvalue weighted by Crippen LogP contribution is -2.25. The molecule has 2 N–H and O–H groups in total. The molecule has 0 bridgehead atoms. The maximum Gasteiger partial charge on any atom is 0.237 e. The summed E-state index contributed by atoms with van der Waals surface area (Å²) in [4.78, 5) is 24.1. The van der Waals surface area contributed by atoms with Gasteiger partial charge in [-0.3, -0.25) is 9.59 Å². The fraction of sp³-hybridized carbons (Fsp3) is 0.263. The molecule has 2 aromatic carbocycles. The second kappa shape index (κ2) is 8.55. The zero-order valence-electron chi connectivity index (χ0n) is 14.1. The van der Waals surface area contributed by atoms with Crippen molar-refractivity contribution in [2.24, 2.45) is 0 Å². The van der Waals surface area contributed by atoms with Crippen LogP contribution in [0.2, 0.25) is 0 Å². The van der Waals surface area contributed by atoms with Gasteiger partial charge in [-0.25, -0.2) is 0 Å². The summed E-state index contributed by atoms with van der Waals surface area (Å²) < 4.78 is 0. The molecule has 0 spiro atoms. The van der Waals surface area contributed by atoms with E-state index in [0.29, 0.717) is 0 Å². The van der Waals surface area contributed by atoms with E-state index in [2.05, 4.69) is 10.6 Å². The fourth-order valence-corrected chi connectivity index (χ4v) is 2.76. The van der Waals surface area contributed by atoms with Crippen molar-refractivity contribution in [1.82, 2.24) is 0 Å². The van der Waals surface area contributed by atoms with Gasteiger partial charge in [0, 0.05) is 11.4 Å². The highest BCUT2D eigenvalue weighted by Crippen LogP contribution is 2.16. The lowest BCUT2D eigenvalue weighted by Gasteiger charge is -2.12. The Morgan fingerprint density at radius 1 is 0.958 bits per heavy atom. The Hall–Kier alpha value is -2.27. The Kier molecular flexibility index (Phi) is 6.44. The average molecular weight is 342 g/mol. The lowest BCUT2D eigenvalue weighted by atomic mass is 10.2. The highest BCUT2D eigenvalue weighted by Gasteiger charge is 2.15. The molecule has 0 aliphatic heterocycles. The van der Waals surface area contributed by atoms with Gasteiger partial charge in [-0.15, -0.1) is 11.8 Å². The number of hydrogen-bond acceptors (Lipinski definition) is 3. The first-order chi connectivity index (χ1) is 11.4. The van der Waals surface area contributed by atoms with Gasteiger partial charge in [-0.1, -0.05) is 29.8 Å². The van der Waals surface area contributed by atoms with Crippen LogP contribution in [0.15, 0.2) is 48.5 Å². The first-order valence-electron chi connectivity index (χ1n) is 7.79. The van der Waals surface area contributed by atoms with Gasteiger partial charge in [0.1, 0.15) is 0 Å². The molecule has 0 fully saturated rings. The minimum absolute atomic E-state index is 0.103. The number of carbonyl (C=O) groups excluding carboxylic acids is 2. The Bertz CT molecular complexity index is 714. The van der Waals surface area contributed by atoms with E-state index < -0.39 is 0 Å². The van der Waals surface area contributed by atoms with E-state index in [4.69, 9.17) is 0 Å². The second-order valence-corrected chi connectivity index (χ2v) is 7.06. The quantitative estimate of drug-likeness (QED) is 0.834. The van der Waals surface area contributed by atoms with Crippen molar-refractivity contribution in [2.45, 2.75) is 26.0 Å². The molecule has 126 valence electrons. The smallest absolute Gasteiger partial charge is 0.237 e. The van der Waals surface area contributed by atoms with Crippen molar-refractivity contribution in [3.63, 3.8) is 0 Å². The molecule has 5 heteroatoms. The molecule has 0 heterocycles. The summed E-state index contributed by atoms with van der Waals surface area (Å²) in [7, 11) is 0. The largest absolute Gasteiger partial charge is 0.325 e. The number of hydrogen-bond donors (Lipinski definition) is 2. The Morgan fingerprint density at radius 2 is 1.67 bits per heavy atom. The van der Waals surface area contributed by atoms with Crippen molar-refractivity contribution in [3.05, 3.63) is 59.7 Å². The molecule has 0 aliphatic rings. The SMILES string of the molecule is Cc1ccc(NC(=O)CS[C@@H](C)C(=O)Nc2cccc(C)c2)cc1. The lowest BCUT2D eigenvalue weighted by molar-refractivity contribution is -0.115. The predicted octanol–water partition coefficient (Wildman–Crippen LogP) is 4.00. The Labute approximate surface area is 147 Å². The minimum Gasteiger partial charge on any atom is -0.325 e. The molecule has 0 aromatic heterocycles. The van der Waals surface area contributed by atoms with Gasteiger partial charge in [0.25, 0.3) is 0 Å². The van der Waals surface area contributed by atoms with Crippen LogP contribution in [0.25, 0.3) is 0 Å². The standard InChI is InChI=1S/C19H22N2O2S/c1-13-7-9-16(10-8-13)20-18(22)12-24-15(3)19(23)21-17-6-4-5-14(2)11-17/h4-11,15H,12H2,1-3H3,(H,20,22)(H,21,23)/t15-/m0/s1. The topological polar surface area (TPSA) is 58.2 Å². The summed E-state index contributed by atoms with van der Waals surface area (Å²) in [6.07, 6.45) is 0. The normalized spacial score (nSPS) is 11.6. The molecular formula is C19H22N2O2S. The van der Waals surface area contributed by atoms with Gasteiger partial charge in [0.15, 0.2) is 0 Å². The number of thioether (sulfide) groups is 1. The molecule has 0 saturated carbocycles. The zero-order chi connectivity index (χ0) is 17.5. The van der Waals surface area contributed by atoms with E-state index >= 15 is 0 Å². The molecule has 2 amide bonds. The van der Waals surface area contributed by atoms with Crippen molar-refractivity contribution in [2.75, 3.05) is 16.4 Å². The number of aryl methyl sites for hydroxylation is 2. The molecule has 4 nitrogen and oxygen atoms in total. The molecule has 2 aromatic rings. The van der Waals surface area contributed by atoms with Gasteiger partial charge in [0.05, 0.1) is 11.0 Å². The van der Waals surface area contributed by atoms with Gasteiger partial charge >= 0.3 is 0 Å². The van der Waals surface area contributed by atoms with Crippen LogP contribution in [0.4, 0.5) is 11.4 Å². The molecule has 0 aliphatic carbocycles. The average Bonchev–Trinajstić information content (AvgIpc) is 2.54. The van der Waals surface area contributed by atoms with Crippen LogP contribution in [0, 0.1) is 13.8 Å². The third-order valence-electron chi connectivity index (χ3n) is 3.45. The molecule has 24 heavy (non-hydrogen) atoms. The third-order valence-corrected chi connectivity index (χ3v) is 4.60. The van der Waals surface area contributed by atoms with Gasteiger partial charge in [-0.05, 0) is 50.6 Å². The monoisotopic (exact) mass is 342 g/mol. The summed E-state index contributed by atoms with van der Waals surface area (Å²) >= 11 is 1.31. The number of nitrogens with one attached hydrogen (secondary N) is 2. The van der Waals surface area contributed by atoms with Crippen LogP contribution in [-0.4, -0.2) is 22.8 Å². The van der Waals surface area contributed by atoms with Crippen LogP contribution in [-0.2, 0) is 9.59 Å². The molecule has 0 radical (unpaired) electrons. The summed E-state index contributed by atoms with van der Waals surface area (Å²) in [6.45, 7) is 5.77. The van der Waals surface area contributed by atoms with Crippen molar-refractivity contribution in [1.29, 1.82) is 0 Å². The van der Waals surface area contributed by atoms with E-state index in [-0.39, 0.29) is 22.8 Å². The van der Waals surface area contributed by atoms with E-state index in [1.807, 2.05) is 62.4 Å². The van der Waals surface area contributed by atoms with Crippen molar-refractivity contribution in [3.8, 4) is 0 Å². The summed E-state index contributed by atoms with van der Waals surface area (Å²) in [6, 6.07) is 15.3. The zero-order valence-corrected chi connectivity index (χ0v) is 14.9. The highest BCUT2D eigenvalue weighted by molar-refractivity contribution is 8.01. The molecule has 1 atom stereocenters. The first-order valence-corrected chi connectivity index (χ1v) is 8.84.